The van der Waals surface area contributed by atoms with Crippen LogP contribution in [0.4, 0.5) is 0 Å². The van der Waals surface area contributed by atoms with E-state index >= 15 is 0 Å². The highest BCUT2D eigenvalue weighted by Crippen LogP contribution is 2.10. The van der Waals surface area contributed by atoms with Gasteiger partial charge < -0.3 is 9.80 Å². The highest BCUT2D eigenvalue weighted by molar-refractivity contribution is 5.76. The maximum Gasteiger partial charge on any atom is 0.222 e. The third-order valence-electron chi connectivity index (χ3n) is 5.11. The first-order chi connectivity index (χ1) is 12.7. The van der Waals surface area contributed by atoms with E-state index < -0.39 is 0 Å². The zero-order valence-corrected chi connectivity index (χ0v) is 15.8. The normalized spacial score (nSPS) is 15.8. The Kier molecular flexibility index (Phi) is 6.83. The molecule has 0 N–H and O–H groups in total. The van der Waals surface area contributed by atoms with E-state index in [4.69, 9.17) is 0 Å². The zero-order chi connectivity index (χ0) is 18.2. The predicted octanol–water partition coefficient (Wildman–Crippen LogP) is 2.52. The second-order valence-corrected chi connectivity index (χ2v) is 7.19. The second-order valence-electron chi connectivity index (χ2n) is 7.19. The monoisotopic (exact) mass is 354 g/mol. The highest BCUT2D eigenvalue weighted by atomic mass is 16.2. The molecule has 1 amide bonds. The first-order valence-corrected chi connectivity index (χ1v) is 9.72. The summed E-state index contributed by atoms with van der Waals surface area (Å²) in [5.41, 5.74) is 2.55. The molecule has 5 nitrogen and oxygen atoms in total. The maximum atomic E-state index is 12.5. The van der Waals surface area contributed by atoms with Gasteiger partial charge in [0.05, 0.1) is 6.20 Å². The van der Waals surface area contributed by atoms with Crippen LogP contribution in [0.2, 0.25) is 0 Å². The Morgan fingerprint density at radius 1 is 1.04 bits per heavy atom. The van der Waals surface area contributed by atoms with Gasteiger partial charge in [0.25, 0.3) is 0 Å². The molecule has 1 aromatic heterocycles. The molecule has 26 heavy (non-hydrogen) atoms. The quantitative estimate of drug-likeness (QED) is 0.767. The van der Waals surface area contributed by atoms with Crippen LogP contribution >= 0.6 is 0 Å². The van der Waals surface area contributed by atoms with Crippen LogP contribution in [0.25, 0.3) is 0 Å². The minimum Gasteiger partial charge on any atom is -0.341 e. The molecular weight excluding hydrogens is 324 g/mol. The molecule has 140 valence electrons. The van der Waals surface area contributed by atoms with E-state index in [0.717, 1.165) is 57.5 Å². The van der Waals surface area contributed by atoms with Crippen molar-refractivity contribution in [2.45, 2.75) is 32.1 Å². The van der Waals surface area contributed by atoms with E-state index in [1.54, 1.807) is 4.68 Å². The minimum atomic E-state index is 0.278. The summed E-state index contributed by atoms with van der Waals surface area (Å²) in [5, 5.41) is 4.17. The Hall–Kier alpha value is -2.14. The number of carbonyl (C=O) groups excluding carboxylic acids is 1. The summed E-state index contributed by atoms with van der Waals surface area (Å²) in [7, 11) is 1.91. The molecule has 1 aromatic carbocycles. The van der Waals surface area contributed by atoms with Gasteiger partial charge >= 0.3 is 0 Å². The number of aryl methyl sites for hydroxylation is 3. The molecule has 3 rings (SSSR count). The predicted molar refractivity (Wildman–Crippen MR) is 104 cm³/mol. The van der Waals surface area contributed by atoms with Crippen molar-refractivity contribution in [2.75, 3.05) is 32.7 Å². The van der Waals surface area contributed by atoms with Gasteiger partial charge in [-0.3, -0.25) is 9.48 Å². The van der Waals surface area contributed by atoms with Gasteiger partial charge in [0.15, 0.2) is 0 Å². The summed E-state index contributed by atoms with van der Waals surface area (Å²) in [5.74, 6) is 0.278. The fraction of sp³-hybridized carbons (Fsp3) is 0.524. The summed E-state index contributed by atoms with van der Waals surface area (Å²) in [6.07, 6.45) is 8.59. The van der Waals surface area contributed by atoms with Gasteiger partial charge in [-0.05, 0) is 49.9 Å². The molecule has 0 unspecified atom stereocenters. The summed E-state index contributed by atoms with van der Waals surface area (Å²) < 4.78 is 1.79. The van der Waals surface area contributed by atoms with Crippen molar-refractivity contribution >= 4 is 5.91 Å². The summed E-state index contributed by atoms with van der Waals surface area (Å²) in [6.45, 7) is 4.96. The Morgan fingerprint density at radius 2 is 1.88 bits per heavy atom. The number of carbonyl (C=O) groups is 1. The summed E-state index contributed by atoms with van der Waals surface area (Å²) >= 11 is 0. The molecule has 5 heteroatoms. The number of amides is 1. The Bertz CT molecular complexity index is 682. The molecule has 0 bridgehead atoms. The average Bonchev–Trinajstić information content (AvgIpc) is 2.93. The molecule has 1 fully saturated rings. The third-order valence-corrected chi connectivity index (χ3v) is 5.11. The van der Waals surface area contributed by atoms with Crippen LogP contribution in [-0.4, -0.2) is 58.2 Å². The lowest BCUT2D eigenvalue weighted by Crippen LogP contribution is -2.35. The van der Waals surface area contributed by atoms with E-state index in [9.17, 15) is 4.79 Å². The van der Waals surface area contributed by atoms with Crippen molar-refractivity contribution in [3.63, 3.8) is 0 Å². The van der Waals surface area contributed by atoms with Crippen LogP contribution in [0.15, 0.2) is 42.7 Å². The fourth-order valence-corrected chi connectivity index (χ4v) is 3.61. The standard InChI is InChI=1S/C21H30N4O/c1-23-18-20(17-22-23)10-11-21(26)25-14-6-13-24(15-16-25)12-5-9-19-7-3-2-4-8-19/h2-4,7-8,17-18H,5-6,9-16H2,1H3. The first-order valence-electron chi connectivity index (χ1n) is 9.72. The van der Waals surface area contributed by atoms with E-state index in [-0.39, 0.29) is 5.91 Å². The van der Waals surface area contributed by atoms with Crippen molar-refractivity contribution in [1.82, 2.24) is 19.6 Å². The van der Waals surface area contributed by atoms with Crippen LogP contribution in [-0.2, 0) is 24.7 Å². The van der Waals surface area contributed by atoms with E-state index in [2.05, 4.69) is 40.3 Å². The van der Waals surface area contributed by atoms with Crippen LogP contribution in [0.1, 0.15) is 30.4 Å². The number of hydrogen-bond acceptors (Lipinski definition) is 3. The molecule has 1 saturated heterocycles. The number of hydrogen-bond donors (Lipinski definition) is 0. The lowest BCUT2D eigenvalue weighted by molar-refractivity contribution is -0.131. The molecule has 0 saturated carbocycles. The van der Waals surface area contributed by atoms with Crippen LogP contribution in [0.3, 0.4) is 0 Å². The Morgan fingerprint density at radius 3 is 2.65 bits per heavy atom. The second kappa shape index (κ2) is 9.53. The van der Waals surface area contributed by atoms with Gasteiger partial charge in [0, 0.05) is 39.3 Å². The lowest BCUT2D eigenvalue weighted by atomic mass is 10.1. The molecule has 0 atom stereocenters. The van der Waals surface area contributed by atoms with Gasteiger partial charge in [-0.15, -0.1) is 0 Å². The molecule has 1 aliphatic rings. The zero-order valence-electron chi connectivity index (χ0n) is 15.8. The molecular formula is C21H30N4O. The summed E-state index contributed by atoms with van der Waals surface area (Å²) in [4.78, 5) is 17.1. The number of aromatic nitrogens is 2. The molecule has 0 aliphatic carbocycles. The lowest BCUT2D eigenvalue weighted by Gasteiger charge is -2.22. The highest BCUT2D eigenvalue weighted by Gasteiger charge is 2.18. The van der Waals surface area contributed by atoms with Crippen molar-refractivity contribution in [3.8, 4) is 0 Å². The van der Waals surface area contributed by atoms with Gasteiger partial charge in [-0.2, -0.15) is 5.10 Å². The van der Waals surface area contributed by atoms with Gasteiger partial charge in [0.1, 0.15) is 0 Å². The maximum absolute atomic E-state index is 12.5. The number of benzene rings is 1. The van der Waals surface area contributed by atoms with Gasteiger partial charge in [-0.25, -0.2) is 0 Å². The first kappa shape index (κ1) is 18.6. The molecule has 2 aromatic rings. The van der Waals surface area contributed by atoms with Crippen molar-refractivity contribution in [1.29, 1.82) is 0 Å². The third kappa shape index (κ3) is 5.70. The molecule has 2 heterocycles. The van der Waals surface area contributed by atoms with E-state index in [0.29, 0.717) is 6.42 Å². The van der Waals surface area contributed by atoms with Gasteiger partial charge in [-0.1, -0.05) is 30.3 Å². The SMILES string of the molecule is Cn1cc(CCC(=O)N2CCCN(CCCc3ccccc3)CC2)cn1. The minimum absolute atomic E-state index is 0.278. The summed E-state index contributed by atoms with van der Waals surface area (Å²) in [6, 6.07) is 10.7. The van der Waals surface area contributed by atoms with E-state index in [1.807, 2.05) is 24.3 Å². The van der Waals surface area contributed by atoms with Gasteiger partial charge in [0.2, 0.25) is 5.91 Å². The van der Waals surface area contributed by atoms with Crippen molar-refractivity contribution in [3.05, 3.63) is 53.9 Å². The van der Waals surface area contributed by atoms with Crippen LogP contribution < -0.4 is 0 Å². The number of nitrogens with zero attached hydrogens (tertiary/aromatic N) is 4. The molecule has 1 aliphatic heterocycles. The topological polar surface area (TPSA) is 41.4 Å². The fourth-order valence-electron chi connectivity index (χ4n) is 3.61. The molecule has 0 radical (unpaired) electrons. The smallest absolute Gasteiger partial charge is 0.222 e. The van der Waals surface area contributed by atoms with E-state index in [1.165, 1.54) is 12.0 Å². The number of rotatable bonds is 7. The van der Waals surface area contributed by atoms with Crippen molar-refractivity contribution in [2.24, 2.45) is 7.05 Å². The van der Waals surface area contributed by atoms with Crippen LogP contribution in [0.5, 0.6) is 0 Å². The van der Waals surface area contributed by atoms with Crippen molar-refractivity contribution < 1.29 is 4.79 Å². The van der Waals surface area contributed by atoms with Crippen LogP contribution in [0, 0.1) is 0 Å². The average molecular weight is 354 g/mol. The Balaban J connectivity index is 1.37. The largest absolute Gasteiger partial charge is 0.341 e. The Labute approximate surface area is 156 Å². The molecule has 0 spiro atoms.